The van der Waals surface area contributed by atoms with Crippen molar-refractivity contribution < 1.29 is 19.4 Å². The van der Waals surface area contributed by atoms with Crippen LogP contribution in [0.25, 0.3) is 0 Å². The van der Waals surface area contributed by atoms with E-state index in [1.807, 2.05) is 0 Å². The number of pyridine rings is 1. The summed E-state index contributed by atoms with van der Waals surface area (Å²) >= 11 is 0. The lowest BCUT2D eigenvalue weighted by Gasteiger charge is -2.11. The molecule has 0 bridgehead atoms. The maximum atomic E-state index is 12.3. The van der Waals surface area contributed by atoms with Crippen LogP contribution in [-0.2, 0) is 11.2 Å². The molecule has 21 heavy (non-hydrogen) atoms. The monoisotopic (exact) mass is 283 g/mol. The summed E-state index contributed by atoms with van der Waals surface area (Å²) in [5.74, 6) is -0.895. The summed E-state index contributed by atoms with van der Waals surface area (Å²) in [7, 11) is 0. The van der Waals surface area contributed by atoms with Crippen molar-refractivity contribution in [1.29, 1.82) is 0 Å². The van der Waals surface area contributed by atoms with Gasteiger partial charge in [0, 0.05) is 18.2 Å². The number of aliphatic carboxylic acids is 1. The fourth-order valence-corrected chi connectivity index (χ4v) is 2.29. The van der Waals surface area contributed by atoms with Gasteiger partial charge in [-0.2, -0.15) is 0 Å². The molecule has 2 aromatic rings. The highest BCUT2D eigenvalue weighted by molar-refractivity contribution is 6.01. The number of Topliss-reactive ketones (excluding diaryl/α,β-unsaturated/α-hetero) is 1. The second-order valence-electron chi connectivity index (χ2n) is 4.99. The SMILES string of the molecule is CC(C(=O)O)c1ccc2c(c1)Oc1ncccc1CC2=O. The first-order chi connectivity index (χ1) is 10.1. The number of fused-ring (bicyclic) bond motifs is 2. The van der Waals surface area contributed by atoms with Crippen LogP contribution in [0.1, 0.15) is 34.3 Å². The van der Waals surface area contributed by atoms with E-state index in [4.69, 9.17) is 9.84 Å². The quantitative estimate of drug-likeness (QED) is 0.917. The average molecular weight is 283 g/mol. The van der Waals surface area contributed by atoms with Gasteiger partial charge in [0.2, 0.25) is 5.88 Å². The van der Waals surface area contributed by atoms with E-state index in [1.54, 1.807) is 43.5 Å². The highest BCUT2D eigenvalue weighted by Crippen LogP contribution is 2.34. The molecular formula is C16H13NO4. The summed E-state index contributed by atoms with van der Waals surface area (Å²) in [5, 5.41) is 9.08. The molecule has 2 heterocycles. The molecule has 0 saturated carbocycles. The summed E-state index contributed by atoms with van der Waals surface area (Å²) < 4.78 is 5.72. The number of ketones is 1. The zero-order chi connectivity index (χ0) is 15.0. The topological polar surface area (TPSA) is 76.5 Å². The van der Waals surface area contributed by atoms with Crippen LogP contribution in [0.4, 0.5) is 0 Å². The van der Waals surface area contributed by atoms with E-state index in [0.717, 1.165) is 5.56 Å². The lowest BCUT2D eigenvalue weighted by atomic mass is 9.97. The second kappa shape index (κ2) is 5.01. The number of carbonyl (C=O) groups excluding carboxylic acids is 1. The lowest BCUT2D eigenvalue weighted by molar-refractivity contribution is -0.138. The molecule has 0 amide bonds. The smallest absolute Gasteiger partial charge is 0.310 e. The van der Waals surface area contributed by atoms with E-state index >= 15 is 0 Å². The molecule has 1 aromatic heterocycles. The minimum atomic E-state index is -0.923. The number of hydrogen-bond donors (Lipinski definition) is 1. The van der Waals surface area contributed by atoms with Crippen molar-refractivity contribution in [2.75, 3.05) is 0 Å². The molecule has 5 nitrogen and oxygen atoms in total. The van der Waals surface area contributed by atoms with E-state index in [-0.39, 0.29) is 12.2 Å². The number of nitrogens with zero attached hydrogens (tertiary/aromatic N) is 1. The van der Waals surface area contributed by atoms with Gasteiger partial charge in [0.15, 0.2) is 5.78 Å². The summed E-state index contributed by atoms with van der Waals surface area (Å²) in [6, 6.07) is 8.44. The highest BCUT2D eigenvalue weighted by atomic mass is 16.5. The normalized spacial score (nSPS) is 14.4. The third kappa shape index (κ3) is 2.38. The van der Waals surface area contributed by atoms with Gasteiger partial charge in [-0.1, -0.05) is 12.1 Å². The van der Waals surface area contributed by atoms with Gasteiger partial charge in [-0.3, -0.25) is 9.59 Å². The number of benzene rings is 1. The van der Waals surface area contributed by atoms with Crippen LogP contribution in [-0.4, -0.2) is 21.8 Å². The molecule has 3 rings (SSSR count). The van der Waals surface area contributed by atoms with Gasteiger partial charge >= 0.3 is 5.97 Å². The molecule has 5 heteroatoms. The molecule has 0 radical (unpaired) electrons. The molecule has 1 aromatic carbocycles. The number of carboxylic acid groups (broad SMARTS) is 1. The molecular weight excluding hydrogens is 270 g/mol. The molecule has 1 N–H and O–H groups in total. The van der Waals surface area contributed by atoms with Gasteiger partial charge in [-0.15, -0.1) is 0 Å². The molecule has 1 unspecified atom stereocenters. The molecule has 0 aliphatic carbocycles. The minimum absolute atomic E-state index is 0.0636. The van der Waals surface area contributed by atoms with Crippen molar-refractivity contribution >= 4 is 11.8 Å². The van der Waals surface area contributed by atoms with Crippen LogP contribution >= 0.6 is 0 Å². The first kappa shape index (κ1) is 13.3. The largest absolute Gasteiger partial charge is 0.481 e. The average Bonchev–Trinajstić information content (AvgIpc) is 2.61. The Hall–Kier alpha value is -2.69. The highest BCUT2D eigenvalue weighted by Gasteiger charge is 2.24. The molecule has 106 valence electrons. The van der Waals surface area contributed by atoms with Crippen LogP contribution < -0.4 is 4.74 Å². The molecule has 0 saturated heterocycles. The summed E-state index contributed by atoms with van der Waals surface area (Å²) in [6.07, 6.45) is 1.82. The van der Waals surface area contributed by atoms with Crippen molar-refractivity contribution in [1.82, 2.24) is 4.98 Å². The zero-order valence-electron chi connectivity index (χ0n) is 11.4. The number of ether oxygens (including phenoxy) is 1. The first-order valence-electron chi connectivity index (χ1n) is 6.58. The Morgan fingerprint density at radius 2 is 2.19 bits per heavy atom. The maximum absolute atomic E-state index is 12.3. The third-order valence-corrected chi connectivity index (χ3v) is 3.58. The maximum Gasteiger partial charge on any atom is 0.310 e. The Kier molecular flexibility index (Phi) is 3.17. The molecule has 1 aliphatic heterocycles. The van der Waals surface area contributed by atoms with Crippen LogP contribution in [0.2, 0.25) is 0 Å². The van der Waals surface area contributed by atoms with Crippen LogP contribution in [0.5, 0.6) is 11.6 Å². The van der Waals surface area contributed by atoms with Gasteiger partial charge in [0.25, 0.3) is 0 Å². The summed E-state index contributed by atoms with van der Waals surface area (Å²) in [6.45, 7) is 1.59. The predicted molar refractivity (Wildman–Crippen MR) is 74.8 cm³/mol. The first-order valence-corrected chi connectivity index (χ1v) is 6.58. The van der Waals surface area contributed by atoms with Gasteiger partial charge in [0.1, 0.15) is 5.75 Å². The Morgan fingerprint density at radius 3 is 2.95 bits per heavy atom. The molecule has 0 spiro atoms. The van der Waals surface area contributed by atoms with Crippen molar-refractivity contribution in [2.45, 2.75) is 19.3 Å². The molecule has 1 aliphatic rings. The van der Waals surface area contributed by atoms with Gasteiger partial charge in [-0.25, -0.2) is 4.98 Å². The van der Waals surface area contributed by atoms with Crippen LogP contribution in [0.3, 0.4) is 0 Å². The zero-order valence-corrected chi connectivity index (χ0v) is 11.4. The predicted octanol–water partition coefficient (Wildman–Crippen LogP) is 2.80. The van der Waals surface area contributed by atoms with Gasteiger partial charge in [0.05, 0.1) is 11.5 Å². The van der Waals surface area contributed by atoms with Crippen LogP contribution in [0, 0.1) is 0 Å². The van der Waals surface area contributed by atoms with Crippen LogP contribution in [0.15, 0.2) is 36.5 Å². The van der Waals surface area contributed by atoms with Gasteiger partial charge < -0.3 is 9.84 Å². The molecule has 1 atom stereocenters. The number of rotatable bonds is 2. The number of carboxylic acids is 1. The summed E-state index contributed by atoms with van der Waals surface area (Å²) in [5.41, 5.74) is 1.77. The number of carbonyl (C=O) groups is 2. The second-order valence-corrected chi connectivity index (χ2v) is 4.99. The lowest BCUT2D eigenvalue weighted by Crippen LogP contribution is -2.08. The third-order valence-electron chi connectivity index (χ3n) is 3.58. The van der Waals surface area contributed by atoms with E-state index in [9.17, 15) is 9.59 Å². The van der Waals surface area contributed by atoms with Crippen molar-refractivity contribution in [3.63, 3.8) is 0 Å². The van der Waals surface area contributed by atoms with E-state index < -0.39 is 11.9 Å². The Morgan fingerprint density at radius 1 is 1.38 bits per heavy atom. The fraction of sp³-hybridized carbons (Fsp3) is 0.188. The summed E-state index contributed by atoms with van der Waals surface area (Å²) in [4.78, 5) is 27.5. The van der Waals surface area contributed by atoms with E-state index in [2.05, 4.69) is 4.98 Å². The number of aromatic nitrogens is 1. The van der Waals surface area contributed by atoms with Crippen molar-refractivity contribution in [3.8, 4) is 11.6 Å². The Bertz CT molecular complexity index is 739. The van der Waals surface area contributed by atoms with E-state index in [1.165, 1.54) is 0 Å². The Labute approximate surface area is 121 Å². The van der Waals surface area contributed by atoms with E-state index in [0.29, 0.717) is 22.8 Å². The minimum Gasteiger partial charge on any atom is -0.481 e. The fourth-order valence-electron chi connectivity index (χ4n) is 2.29. The number of hydrogen-bond acceptors (Lipinski definition) is 4. The Balaban J connectivity index is 2.08. The standard InChI is InChI=1S/C16H13NO4/c1-9(16(19)20)10-4-5-12-13(18)7-11-3-2-6-17-15(11)21-14(12)8-10/h2-6,8-9H,7H2,1H3,(H,19,20). The molecule has 0 fully saturated rings. The van der Waals surface area contributed by atoms with Crippen molar-refractivity contribution in [3.05, 3.63) is 53.2 Å². The van der Waals surface area contributed by atoms with Crippen molar-refractivity contribution in [2.24, 2.45) is 0 Å². The van der Waals surface area contributed by atoms with Gasteiger partial charge in [-0.05, 0) is 30.7 Å².